The van der Waals surface area contributed by atoms with Gasteiger partial charge in [-0.15, -0.1) is 21.5 Å². The van der Waals surface area contributed by atoms with E-state index in [0.717, 1.165) is 19.9 Å². The minimum Gasteiger partial charge on any atom is -0.496 e. The van der Waals surface area contributed by atoms with Gasteiger partial charge in [-0.05, 0) is 47.5 Å². The lowest BCUT2D eigenvalue weighted by molar-refractivity contribution is 0.102. The van der Waals surface area contributed by atoms with Crippen LogP contribution in [0.1, 0.15) is 20.8 Å². The molecule has 3 rings (SSSR count). The van der Waals surface area contributed by atoms with E-state index in [-0.39, 0.29) is 5.91 Å². The third-order valence-electron chi connectivity index (χ3n) is 3.39. The van der Waals surface area contributed by atoms with Crippen LogP contribution in [0, 0.1) is 13.8 Å². The number of methoxy groups -OCH3 is 1. The molecule has 2 heterocycles. The molecule has 8 heteroatoms. The molecule has 1 aromatic carbocycles. The molecule has 0 unspecified atom stereocenters. The molecule has 0 atom stereocenters. The molecule has 0 fully saturated rings. The highest BCUT2D eigenvalue weighted by molar-refractivity contribution is 9.10. The summed E-state index contributed by atoms with van der Waals surface area (Å²) in [5, 5.41) is 12.3. The van der Waals surface area contributed by atoms with Crippen molar-refractivity contribution in [1.29, 1.82) is 0 Å². The summed E-state index contributed by atoms with van der Waals surface area (Å²) in [6.07, 6.45) is 0. The summed E-state index contributed by atoms with van der Waals surface area (Å²) in [4.78, 5) is 14.8. The summed E-state index contributed by atoms with van der Waals surface area (Å²) in [6.45, 7) is 3.90. The van der Waals surface area contributed by atoms with Gasteiger partial charge in [0.05, 0.1) is 17.6 Å². The molecule has 1 N–H and O–H groups in total. The molecular formula is C16H14BrN3O2S2. The van der Waals surface area contributed by atoms with Gasteiger partial charge in [-0.1, -0.05) is 23.5 Å². The Labute approximate surface area is 155 Å². The van der Waals surface area contributed by atoms with Gasteiger partial charge in [0.15, 0.2) is 5.01 Å². The van der Waals surface area contributed by atoms with Crippen molar-refractivity contribution in [2.75, 3.05) is 12.4 Å². The van der Waals surface area contributed by atoms with Gasteiger partial charge in [-0.3, -0.25) is 10.1 Å². The number of hydrogen-bond donors (Lipinski definition) is 1. The fourth-order valence-corrected chi connectivity index (χ4v) is 4.51. The zero-order chi connectivity index (χ0) is 17.3. The van der Waals surface area contributed by atoms with Crippen LogP contribution in [0.25, 0.3) is 9.88 Å². The average molecular weight is 424 g/mol. The van der Waals surface area contributed by atoms with Crippen LogP contribution in [0.3, 0.4) is 0 Å². The SMILES string of the molecule is COc1cccc(C)c1C(=O)Nc1nnc(-c2cc(Br)c(C)s2)s1. The summed E-state index contributed by atoms with van der Waals surface area (Å²) in [5.74, 6) is 0.284. The van der Waals surface area contributed by atoms with Gasteiger partial charge in [-0.25, -0.2) is 0 Å². The van der Waals surface area contributed by atoms with Crippen LogP contribution in [0.2, 0.25) is 0 Å². The molecule has 24 heavy (non-hydrogen) atoms. The molecule has 124 valence electrons. The summed E-state index contributed by atoms with van der Waals surface area (Å²) in [6, 6.07) is 7.50. The maximum atomic E-state index is 12.6. The maximum absolute atomic E-state index is 12.6. The van der Waals surface area contributed by atoms with Crippen molar-refractivity contribution in [3.63, 3.8) is 0 Å². The molecule has 3 aromatic rings. The molecule has 0 spiro atoms. The lowest BCUT2D eigenvalue weighted by Crippen LogP contribution is -2.14. The van der Waals surface area contributed by atoms with Crippen molar-refractivity contribution < 1.29 is 9.53 Å². The lowest BCUT2D eigenvalue weighted by Gasteiger charge is -2.10. The molecule has 5 nitrogen and oxygen atoms in total. The zero-order valence-corrected chi connectivity index (χ0v) is 16.4. The average Bonchev–Trinajstić information content (AvgIpc) is 3.14. The fourth-order valence-electron chi connectivity index (χ4n) is 2.20. The van der Waals surface area contributed by atoms with Crippen molar-refractivity contribution in [1.82, 2.24) is 10.2 Å². The number of aromatic nitrogens is 2. The van der Waals surface area contributed by atoms with Crippen LogP contribution in [0.15, 0.2) is 28.7 Å². The Bertz CT molecular complexity index is 885. The van der Waals surface area contributed by atoms with E-state index in [4.69, 9.17) is 4.74 Å². The quantitative estimate of drug-likeness (QED) is 0.647. The predicted octanol–water partition coefficient (Wildman–Crippen LogP) is 4.91. The topological polar surface area (TPSA) is 64.1 Å². The van der Waals surface area contributed by atoms with Gasteiger partial charge in [-0.2, -0.15) is 0 Å². The number of carbonyl (C=O) groups is 1. The van der Waals surface area contributed by atoms with Crippen molar-refractivity contribution >= 4 is 49.6 Å². The normalized spacial score (nSPS) is 10.7. The van der Waals surface area contributed by atoms with Crippen molar-refractivity contribution in [2.24, 2.45) is 0 Å². The molecule has 0 aliphatic rings. The van der Waals surface area contributed by atoms with E-state index < -0.39 is 0 Å². The number of aryl methyl sites for hydroxylation is 2. The zero-order valence-electron chi connectivity index (χ0n) is 13.2. The molecule has 0 saturated carbocycles. The number of nitrogens with zero attached hydrogens (tertiary/aromatic N) is 2. The lowest BCUT2D eigenvalue weighted by atomic mass is 10.1. The van der Waals surface area contributed by atoms with E-state index in [2.05, 4.69) is 31.4 Å². The van der Waals surface area contributed by atoms with Crippen LogP contribution >= 0.6 is 38.6 Å². The summed E-state index contributed by atoms with van der Waals surface area (Å²) in [5.41, 5.74) is 1.35. The molecule has 1 amide bonds. The second-order valence-electron chi connectivity index (χ2n) is 5.03. The Morgan fingerprint density at radius 1 is 1.25 bits per heavy atom. The number of halogens is 1. The first-order valence-electron chi connectivity index (χ1n) is 7.04. The van der Waals surface area contributed by atoms with Crippen LogP contribution in [0.4, 0.5) is 5.13 Å². The molecule has 0 saturated heterocycles. The number of nitrogens with one attached hydrogen (secondary N) is 1. The first kappa shape index (κ1) is 17.1. The van der Waals surface area contributed by atoms with Gasteiger partial charge in [0.1, 0.15) is 5.75 Å². The molecule has 0 aliphatic heterocycles. The standard InChI is InChI=1S/C16H14BrN3O2S2/c1-8-5-4-6-11(22-3)13(8)14(21)18-16-20-19-15(24-16)12-7-10(17)9(2)23-12/h4-7H,1-3H3,(H,18,20,21). The number of rotatable bonds is 4. The van der Waals surface area contributed by atoms with E-state index in [0.29, 0.717) is 16.4 Å². The second-order valence-corrected chi connectivity index (χ2v) is 8.12. The Hall–Kier alpha value is -1.77. The molecule has 2 aromatic heterocycles. The van der Waals surface area contributed by atoms with Gasteiger partial charge in [0.25, 0.3) is 5.91 Å². The molecule has 0 aliphatic carbocycles. The van der Waals surface area contributed by atoms with Crippen LogP contribution in [-0.4, -0.2) is 23.2 Å². The first-order valence-corrected chi connectivity index (χ1v) is 9.47. The van der Waals surface area contributed by atoms with E-state index >= 15 is 0 Å². The van der Waals surface area contributed by atoms with Gasteiger partial charge < -0.3 is 4.74 Å². The predicted molar refractivity (Wildman–Crippen MR) is 101 cm³/mol. The fraction of sp³-hybridized carbons (Fsp3) is 0.188. The highest BCUT2D eigenvalue weighted by atomic mass is 79.9. The van der Waals surface area contributed by atoms with Crippen LogP contribution < -0.4 is 10.1 Å². The van der Waals surface area contributed by atoms with E-state index in [1.54, 1.807) is 24.5 Å². The van der Waals surface area contributed by atoms with Crippen molar-refractivity contribution in [3.8, 4) is 15.6 Å². The highest BCUT2D eigenvalue weighted by Crippen LogP contribution is 2.36. The van der Waals surface area contributed by atoms with Gasteiger partial charge >= 0.3 is 0 Å². The van der Waals surface area contributed by atoms with Crippen molar-refractivity contribution in [2.45, 2.75) is 13.8 Å². The summed E-state index contributed by atoms with van der Waals surface area (Å²) < 4.78 is 6.33. The minimum atomic E-state index is -0.254. The third kappa shape index (κ3) is 3.35. The summed E-state index contributed by atoms with van der Waals surface area (Å²) in [7, 11) is 1.55. The number of hydrogen-bond acceptors (Lipinski definition) is 6. The van der Waals surface area contributed by atoms with Gasteiger partial charge in [0, 0.05) is 9.35 Å². The van der Waals surface area contributed by atoms with Crippen molar-refractivity contribution in [3.05, 3.63) is 44.7 Å². The Morgan fingerprint density at radius 2 is 2.04 bits per heavy atom. The number of amides is 1. The molecule has 0 bridgehead atoms. The Kier molecular flexibility index (Phi) is 4.98. The Balaban J connectivity index is 1.84. The molecule has 0 radical (unpaired) electrons. The van der Waals surface area contributed by atoms with E-state index in [1.165, 1.54) is 16.2 Å². The van der Waals surface area contributed by atoms with Crippen LogP contribution in [-0.2, 0) is 0 Å². The summed E-state index contributed by atoms with van der Waals surface area (Å²) >= 11 is 6.48. The van der Waals surface area contributed by atoms with E-state index in [1.807, 2.05) is 32.0 Å². The maximum Gasteiger partial charge on any atom is 0.261 e. The number of benzene rings is 1. The number of ether oxygens (including phenoxy) is 1. The van der Waals surface area contributed by atoms with Gasteiger partial charge in [0.2, 0.25) is 5.13 Å². The first-order chi connectivity index (χ1) is 11.5. The highest BCUT2D eigenvalue weighted by Gasteiger charge is 2.18. The largest absolute Gasteiger partial charge is 0.496 e. The third-order valence-corrected chi connectivity index (χ3v) is 6.54. The number of anilines is 1. The minimum absolute atomic E-state index is 0.254. The Morgan fingerprint density at radius 3 is 2.71 bits per heavy atom. The monoisotopic (exact) mass is 423 g/mol. The van der Waals surface area contributed by atoms with Crippen LogP contribution in [0.5, 0.6) is 5.75 Å². The second kappa shape index (κ2) is 7.00. The number of thiophene rings is 1. The molecular weight excluding hydrogens is 410 g/mol. The smallest absolute Gasteiger partial charge is 0.261 e. The van der Waals surface area contributed by atoms with E-state index in [9.17, 15) is 4.79 Å². The number of carbonyl (C=O) groups excluding carboxylic acids is 1.